The van der Waals surface area contributed by atoms with Crippen LogP contribution in [0.5, 0.6) is 0 Å². The van der Waals surface area contributed by atoms with Gasteiger partial charge in [-0.15, -0.1) is 0 Å². The van der Waals surface area contributed by atoms with Gasteiger partial charge in [-0.05, 0) is 48.9 Å². The number of nitrogens with zero attached hydrogens (tertiary/aromatic N) is 1. The van der Waals surface area contributed by atoms with Crippen LogP contribution in [0.3, 0.4) is 0 Å². The monoisotopic (exact) mass is 244 g/mol. The fourth-order valence-electron chi connectivity index (χ4n) is 2.35. The zero-order valence-electron chi connectivity index (χ0n) is 10.8. The van der Waals surface area contributed by atoms with Crippen molar-refractivity contribution in [1.29, 1.82) is 0 Å². The highest BCUT2D eigenvalue weighted by Gasteiger charge is 2.19. The Kier molecular flexibility index (Phi) is 3.10. The van der Waals surface area contributed by atoms with Gasteiger partial charge in [-0.2, -0.15) is 0 Å². The van der Waals surface area contributed by atoms with Gasteiger partial charge in [-0.25, -0.2) is 0 Å². The molecule has 1 atom stereocenters. The van der Waals surface area contributed by atoms with Crippen LogP contribution in [-0.4, -0.2) is 21.8 Å². The van der Waals surface area contributed by atoms with E-state index in [9.17, 15) is 5.11 Å². The molecule has 2 aromatic rings. The van der Waals surface area contributed by atoms with Gasteiger partial charge in [-0.3, -0.25) is 0 Å². The van der Waals surface area contributed by atoms with Crippen LogP contribution in [0.4, 0.5) is 0 Å². The topological polar surface area (TPSA) is 37.2 Å². The minimum Gasteiger partial charge on any atom is -0.392 e. The van der Waals surface area contributed by atoms with E-state index in [-0.39, 0.29) is 6.10 Å². The number of hydrogen-bond donors (Lipinski definition) is 2. The number of aromatic nitrogens is 1. The van der Waals surface area contributed by atoms with E-state index < -0.39 is 0 Å². The van der Waals surface area contributed by atoms with Crippen LogP contribution in [0.2, 0.25) is 0 Å². The number of hydrogen-bond acceptors (Lipinski definition) is 2. The second-order valence-electron chi connectivity index (χ2n) is 5.37. The summed E-state index contributed by atoms with van der Waals surface area (Å²) in [6, 6.07) is 9.44. The molecule has 1 unspecified atom stereocenters. The van der Waals surface area contributed by atoms with Crippen molar-refractivity contribution in [3.8, 4) is 0 Å². The van der Waals surface area contributed by atoms with Crippen LogP contribution in [0.25, 0.3) is 10.9 Å². The van der Waals surface area contributed by atoms with E-state index in [1.807, 2.05) is 6.92 Å². The lowest BCUT2D eigenvalue weighted by Gasteiger charge is -2.08. The Morgan fingerprint density at radius 1 is 1.39 bits per heavy atom. The molecule has 0 aliphatic heterocycles. The average molecular weight is 244 g/mol. The second-order valence-corrected chi connectivity index (χ2v) is 5.37. The van der Waals surface area contributed by atoms with Gasteiger partial charge in [0.25, 0.3) is 0 Å². The first-order valence-electron chi connectivity index (χ1n) is 6.71. The van der Waals surface area contributed by atoms with Gasteiger partial charge in [0.1, 0.15) is 0 Å². The predicted molar refractivity (Wildman–Crippen MR) is 73.5 cm³/mol. The smallest absolute Gasteiger partial charge is 0.0691 e. The minimum atomic E-state index is -0.309. The quantitative estimate of drug-likeness (QED) is 0.846. The standard InChI is InChI=1S/C15H20N2O/c1-11(18)10-17-7-6-13-8-12(2-5-15(13)17)9-16-14-3-4-14/h2,5-8,11,14,16,18H,3-4,9-10H2,1H3. The molecular weight excluding hydrogens is 224 g/mol. The molecule has 3 nitrogen and oxygen atoms in total. The van der Waals surface area contributed by atoms with Gasteiger partial charge in [0.15, 0.2) is 0 Å². The molecule has 1 aliphatic rings. The van der Waals surface area contributed by atoms with Crippen LogP contribution in [0.1, 0.15) is 25.3 Å². The number of fused-ring (bicyclic) bond motifs is 1. The largest absolute Gasteiger partial charge is 0.392 e. The van der Waals surface area contributed by atoms with Crippen LogP contribution < -0.4 is 5.32 Å². The number of nitrogens with one attached hydrogen (secondary N) is 1. The van der Waals surface area contributed by atoms with E-state index >= 15 is 0 Å². The maximum atomic E-state index is 9.46. The normalized spacial score (nSPS) is 17.2. The third-order valence-corrected chi connectivity index (χ3v) is 3.47. The molecule has 18 heavy (non-hydrogen) atoms. The van der Waals surface area contributed by atoms with E-state index in [0.717, 1.165) is 12.6 Å². The van der Waals surface area contributed by atoms with Crippen molar-refractivity contribution in [3.05, 3.63) is 36.0 Å². The Bertz CT molecular complexity index is 540. The summed E-state index contributed by atoms with van der Waals surface area (Å²) in [5.41, 5.74) is 2.54. The number of rotatable bonds is 5. The molecule has 3 heteroatoms. The summed E-state index contributed by atoms with van der Waals surface area (Å²) in [5, 5.41) is 14.2. The van der Waals surface area contributed by atoms with Gasteiger partial charge in [-0.1, -0.05) is 6.07 Å². The summed E-state index contributed by atoms with van der Waals surface area (Å²) in [6.45, 7) is 3.44. The third kappa shape index (κ3) is 2.57. The van der Waals surface area contributed by atoms with Crippen LogP contribution in [0.15, 0.2) is 30.5 Å². The molecule has 0 amide bonds. The number of aliphatic hydroxyl groups excluding tert-OH is 1. The van der Waals surface area contributed by atoms with E-state index in [2.05, 4.69) is 40.3 Å². The lowest BCUT2D eigenvalue weighted by atomic mass is 10.1. The van der Waals surface area contributed by atoms with Gasteiger partial charge < -0.3 is 15.0 Å². The summed E-state index contributed by atoms with van der Waals surface area (Å²) in [5.74, 6) is 0. The molecule has 1 aromatic carbocycles. The Morgan fingerprint density at radius 3 is 2.94 bits per heavy atom. The third-order valence-electron chi connectivity index (χ3n) is 3.47. The van der Waals surface area contributed by atoms with Crippen molar-refractivity contribution in [2.75, 3.05) is 0 Å². The zero-order chi connectivity index (χ0) is 12.5. The fourth-order valence-corrected chi connectivity index (χ4v) is 2.35. The van der Waals surface area contributed by atoms with Crippen molar-refractivity contribution in [2.24, 2.45) is 0 Å². The molecule has 3 rings (SSSR count). The summed E-state index contributed by atoms with van der Waals surface area (Å²) in [6.07, 6.45) is 4.40. The van der Waals surface area contributed by atoms with Crippen molar-refractivity contribution in [1.82, 2.24) is 9.88 Å². The molecule has 1 saturated carbocycles. The molecule has 0 bridgehead atoms. The van der Waals surface area contributed by atoms with E-state index in [4.69, 9.17) is 0 Å². The minimum absolute atomic E-state index is 0.309. The number of benzene rings is 1. The zero-order valence-corrected chi connectivity index (χ0v) is 10.8. The molecule has 1 aromatic heterocycles. The molecule has 2 N–H and O–H groups in total. The fraction of sp³-hybridized carbons (Fsp3) is 0.467. The second kappa shape index (κ2) is 4.75. The Balaban J connectivity index is 1.79. The molecule has 0 spiro atoms. The summed E-state index contributed by atoms with van der Waals surface area (Å²) < 4.78 is 2.11. The highest BCUT2D eigenvalue weighted by molar-refractivity contribution is 5.80. The van der Waals surface area contributed by atoms with E-state index in [1.165, 1.54) is 29.3 Å². The maximum absolute atomic E-state index is 9.46. The van der Waals surface area contributed by atoms with Crippen LogP contribution in [0, 0.1) is 0 Å². The Hall–Kier alpha value is -1.32. The summed E-state index contributed by atoms with van der Waals surface area (Å²) in [4.78, 5) is 0. The van der Waals surface area contributed by atoms with Gasteiger partial charge >= 0.3 is 0 Å². The molecule has 1 fully saturated rings. The first-order valence-corrected chi connectivity index (χ1v) is 6.71. The van der Waals surface area contributed by atoms with Crippen LogP contribution in [-0.2, 0) is 13.1 Å². The van der Waals surface area contributed by atoms with Gasteiger partial charge in [0.05, 0.1) is 6.10 Å². The average Bonchev–Trinajstić information content (AvgIpc) is 3.09. The summed E-state index contributed by atoms with van der Waals surface area (Å²) in [7, 11) is 0. The van der Waals surface area contributed by atoms with Gasteiger partial charge in [0, 0.05) is 30.8 Å². The van der Waals surface area contributed by atoms with E-state index in [1.54, 1.807) is 0 Å². The van der Waals surface area contributed by atoms with E-state index in [0.29, 0.717) is 6.54 Å². The van der Waals surface area contributed by atoms with Crippen LogP contribution >= 0.6 is 0 Å². The first-order chi connectivity index (χ1) is 8.72. The van der Waals surface area contributed by atoms with Crippen molar-refractivity contribution >= 4 is 10.9 Å². The molecule has 1 heterocycles. The number of aliphatic hydroxyl groups is 1. The van der Waals surface area contributed by atoms with Crippen molar-refractivity contribution in [2.45, 2.75) is 45.0 Å². The molecule has 1 aliphatic carbocycles. The maximum Gasteiger partial charge on any atom is 0.0691 e. The SMILES string of the molecule is CC(O)Cn1ccc2cc(CNC3CC3)ccc21. The predicted octanol–water partition coefficient (Wildman–Crippen LogP) is 2.27. The highest BCUT2D eigenvalue weighted by Crippen LogP contribution is 2.21. The molecule has 0 radical (unpaired) electrons. The molecule has 0 saturated heterocycles. The molecule has 96 valence electrons. The highest BCUT2D eigenvalue weighted by atomic mass is 16.3. The van der Waals surface area contributed by atoms with Gasteiger partial charge in [0.2, 0.25) is 0 Å². The lowest BCUT2D eigenvalue weighted by Crippen LogP contribution is -2.15. The van der Waals surface area contributed by atoms with Crippen molar-refractivity contribution in [3.63, 3.8) is 0 Å². The Labute approximate surface area is 107 Å². The lowest BCUT2D eigenvalue weighted by molar-refractivity contribution is 0.175. The first kappa shape index (κ1) is 11.8. The molecular formula is C15H20N2O. The van der Waals surface area contributed by atoms with Crippen molar-refractivity contribution < 1.29 is 5.11 Å². The Morgan fingerprint density at radius 2 is 2.22 bits per heavy atom. The summed E-state index contributed by atoms with van der Waals surface area (Å²) >= 11 is 0.